The summed E-state index contributed by atoms with van der Waals surface area (Å²) in [5.74, 6) is -11.6. The zero-order chi connectivity index (χ0) is 54.6. The van der Waals surface area contributed by atoms with Crippen LogP contribution in [-0.4, -0.2) is 165 Å². The van der Waals surface area contributed by atoms with Gasteiger partial charge in [0.05, 0.1) is 31.3 Å². The first-order valence-corrected chi connectivity index (χ1v) is 23.7. The Kier molecular flexibility index (Phi) is 25.1. The number of carboxylic acid groups (broad SMARTS) is 1. The third-order valence-electron chi connectivity index (χ3n) is 10.9. The van der Waals surface area contributed by atoms with Gasteiger partial charge in [-0.1, -0.05) is 45.9 Å². The second-order valence-electron chi connectivity index (χ2n) is 18.0. The van der Waals surface area contributed by atoms with Gasteiger partial charge in [0.1, 0.15) is 36.3 Å². The number of carbonyl (C=O) groups is 11. The summed E-state index contributed by atoms with van der Waals surface area (Å²) in [5, 5.41) is 52.2. The number of aliphatic hydroxyl groups is 2. The maximum atomic E-state index is 13.8. The van der Waals surface area contributed by atoms with Crippen LogP contribution in [0.1, 0.15) is 73.3 Å². The van der Waals surface area contributed by atoms with E-state index in [4.69, 9.17) is 11.5 Å². The van der Waals surface area contributed by atoms with Crippen LogP contribution in [0.25, 0.3) is 10.9 Å². The molecule has 10 atom stereocenters. The molecule has 26 nitrogen and oxygen atoms in total. The topological polar surface area (TPSA) is 425 Å². The quantitative estimate of drug-likeness (QED) is 0.0328. The number of nitrogens with one attached hydrogen (secondary N) is 10. The fourth-order valence-corrected chi connectivity index (χ4v) is 7.16. The average molecular weight is 1040 g/mol. The van der Waals surface area contributed by atoms with Crippen molar-refractivity contribution in [1.29, 1.82) is 0 Å². The number of hydrogen-bond donors (Lipinski definition) is 16. The van der Waals surface area contributed by atoms with Crippen molar-refractivity contribution < 1.29 is 68.1 Å². The largest absolute Gasteiger partial charge is 0.480 e. The lowest BCUT2D eigenvalue weighted by Crippen LogP contribution is -2.62. The molecule has 0 radical (unpaired) electrons. The first-order valence-electron chi connectivity index (χ1n) is 23.1. The molecule has 0 fully saturated rings. The van der Waals surface area contributed by atoms with Gasteiger partial charge in [-0.25, -0.2) is 4.79 Å². The molecule has 1 aromatic heterocycles. The van der Waals surface area contributed by atoms with Gasteiger partial charge >= 0.3 is 5.97 Å². The predicted octanol–water partition coefficient (Wildman–Crippen LogP) is -4.57. The van der Waals surface area contributed by atoms with Crippen molar-refractivity contribution in [2.75, 3.05) is 18.8 Å². The highest BCUT2D eigenvalue weighted by Gasteiger charge is 2.36. The second-order valence-corrected chi connectivity index (χ2v) is 18.4. The number of aliphatic hydroxyl groups excluding tert-OH is 2. The van der Waals surface area contributed by atoms with Crippen LogP contribution in [0.4, 0.5) is 0 Å². The minimum absolute atomic E-state index is 0.0171. The molecule has 2 aromatic rings. The van der Waals surface area contributed by atoms with Gasteiger partial charge in [0.2, 0.25) is 59.1 Å². The van der Waals surface area contributed by atoms with Crippen molar-refractivity contribution in [3.63, 3.8) is 0 Å². The lowest BCUT2D eigenvalue weighted by atomic mass is 10.00. The molecular weight excluding hydrogens is 965 g/mol. The Bertz CT molecular complexity index is 2250. The van der Waals surface area contributed by atoms with E-state index < -0.39 is 151 Å². The predicted molar refractivity (Wildman–Crippen MR) is 263 cm³/mol. The number of benzene rings is 1. The minimum Gasteiger partial charge on any atom is -0.480 e. The maximum absolute atomic E-state index is 13.8. The molecule has 0 aliphatic carbocycles. The van der Waals surface area contributed by atoms with Gasteiger partial charge in [-0.3, -0.25) is 47.9 Å². The van der Waals surface area contributed by atoms with Gasteiger partial charge in [-0.05, 0) is 57.1 Å². The molecule has 2 rings (SSSR count). The summed E-state index contributed by atoms with van der Waals surface area (Å²) in [5.41, 5.74) is 12.2. The molecule has 0 unspecified atom stereocenters. The molecule has 0 spiro atoms. The molecule has 0 aliphatic rings. The molecule has 1 aromatic carbocycles. The molecule has 1 heterocycles. The lowest BCUT2D eigenvalue weighted by Gasteiger charge is -2.29. The fourth-order valence-electron chi connectivity index (χ4n) is 6.91. The van der Waals surface area contributed by atoms with Crippen LogP contribution < -0.4 is 59.3 Å². The summed E-state index contributed by atoms with van der Waals surface area (Å²) in [6.45, 7) is 8.92. The van der Waals surface area contributed by atoms with Crippen LogP contribution in [0.15, 0.2) is 30.5 Å². The van der Waals surface area contributed by atoms with E-state index in [0.717, 1.165) is 12.4 Å². The summed E-state index contributed by atoms with van der Waals surface area (Å²) >= 11 is 4.16. The Morgan fingerprint density at radius 2 is 1.11 bits per heavy atom. The molecule has 10 amide bonds. The van der Waals surface area contributed by atoms with E-state index in [0.29, 0.717) is 10.9 Å². The summed E-state index contributed by atoms with van der Waals surface area (Å²) in [6, 6.07) is -4.27. The fraction of sp³-hybridized carbons (Fsp3) is 0.578. The van der Waals surface area contributed by atoms with E-state index in [2.05, 4.69) is 65.5 Å². The number of carbonyl (C=O) groups excluding carboxylic acids is 10. The third-order valence-corrected chi connectivity index (χ3v) is 11.2. The van der Waals surface area contributed by atoms with Crippen molar-refractivity contribution in [1.82, 2.24) is 52.8 Å². The number of carboxylic acids is 1. The van der Waals surface area contributed by atoms with E-state index in [9.17, 15) is 68.1 Å². The monoisotopic (exact) mass is 1030 g/mol. The Morgan fingerprint density at radius 3 is 1.64 bits per heavy atom. The molecule has 0 bridgehead atoms. The highest BCUT2D eigenvalue weighted by atomic mass is 32.1. The number of thiol groups is 1. The van der Waals surface area contributed by atoms with Crippen molar-refractivity contribution in [2.24, 2.45) is 23.3 Å². The number of nitrogens with two attached hydrogens (primary N) is 2. The number of para-hydroxylation sites is 1. The number of fused-ring (bicyclic) bond motifs is 1. The number of aliphatic carboxylic acids is 1. The Labute approximate surface area is 421 Å². The normalized spacial score (nSPS) is 15.4. The van der Waals surface area contributed by atoms with Crippen molar-refractivity contribution in [3.05, 3.63) is 36.0 Å². The molecule has 400 valence electrons. The minimum atomic E-state index is -1.73. The Hall–Kier alpha value is -6.84. The van der Waals surface area contributed by atoms with Crippen LogP contribution in [-0.2, 0) is 59.2 Å². The van der Waals surface area contributed by atoms with E-state index in [-0.39, 0.29) is 30.9 Å². The standard InChI is InChI=1S/C45H70N12O14S/c1-20(2)14-29(41(66)57-37(24(7)59)45(70)71)54-44(69)36(23(6)58)56-43(68)35(21(3)4)55-40(65)28(12-13-32(47)60)51-33(61)18-50-39(64)30(15-25-16-48-27-11-9-8-10-26(25)27)53-42(67)31(19-72)52-34(62)17-49-38(63)22(5)46/h8-11,16,20-24,28-31,35-37,48,58-59,72H,12-15,17-19,46H2,1-7H3,(H2,47,60)(H,49,63)(H,50,64)(H,51,61)(H,52,62)(H,53,67)(H,54,69)(H,55,65)(H,56,68)(H,57,66)(H,70,71)/t22-,23+,24+,28-,29-,30-,31-,35-,36-,37-/m0/s1. The van der Waals surface area contributed by atoms with Gasteiger partial charge in [-0.2, -0.15) is 12.6 Å². The van der Waals surface area contributed by atoms with Crippen LogP contribution in [0.5, 0.6) is 0 Å². The molecule has 27 heteroatoms. The zero-order valence-corrected chi connectivity index (χ0v) is 42.1. The third kappa shape index (κ3) is 20.1. The molecule has 0 saturated heterocycles. The van der Waals surface area contributed by atoms with Gasteiger partial charge in [-0.15, -0.1) is 0 Å². The summed E-state index contributed by atoms with van der Waals surface area (Å²) < 4.78 is 0. The Morgan fingerprint density at radius 1 is 0.611 bits per heavy atom. The molecule has 72 heavy (non-hydrogen) atoms. The van der Waals surface area contributed by atoms with Crippen LogP contribution in [0.2, 0.25) is 0 Å². The summed E-state index contributed by atoms with van der Waals surface area (Å²) in [6.07, 6.45) is -2.41. The summed E-state index contributed by atoms with van der Waals surface area (Å²) in [4.78, 5) is 146. The van der Waals surface area contributed by atoms with Gasteiger partial charge in [0, 0.05) is 35.7 Å². The number of amides is 10. The van der Waals surface area contributed by atoms with Gasteiger partial charge < -0.3 is 79.6 Å². The number of rotatable bonds is 30. The average Bonchev–Trinajstić information content (AvgIpc) is 3.71. The van der Waals surface area contributed by atoms with Crippen molar-refractivity contribution in [3.8, 4) is 0 Å². The summed E-state index contributed by atoms with van der Waals surface area (Å²) in [7, 11) is 0. The highest BCUT2D eigenvalue weighted by Crippen LogP contribution is 2.19. The van der Waals surface area contributed by atoms with Gasteiger partial charge in [0.25, 0.3) is 0 Å². The van der Waals surface area contributed by atoms with Crippen molar-refractivity contribution in [2.45, 2.75) is 135 Å². The van der Waals surface area contributed by atoms with Crippen LogP contribution >= 0.6 is 12.6 Å². The SMILES string of the molecule is CC(C)C[C@H](NC(=O)[C@@H](NC(=O)[C@@H](NC(=O)[C@H](CCC(N)=O)NC(=O)CNC(=O)[C@H](Cc1c[nH]c2ccccc12)NC(=O)[C@H](CS)NC(=O)CNC(=O)[C@H](C)N)C(C)C)[C@@H](C)O)C(=O)N[C@H](C(=O)O)[C@@H](C)O. The second kappa shape index (κ2) is 29.5. The molecule has 0 saturated carbocycles. The van der Waals surface area contributed by atoms with E-state index >= 15 is 0 Å². The molecule has 17 N–H and O–H groups in total. The highest BCUT2D eigenvalue weighted by molar-refractivity contribution is 7.80. The smallest absolute Gasteiger partial charge is 0.328 e. The van der Waals surface area contributed by atoms with Crippen LogP contribution in [0.3, 0.4) is 0 Å². The zero-order valence-electron chi connectivity index (χ0n) is 41.2. The Balaban J connectivity index is 2.28. The first-order chi connectivity index (χ1) is 33.7. The van der Waals surface area contributed by atoms with Crippen molar-refractivity contribution >= 4 is 88.6 Å². The first kappa shape index (κ1) is 61.3. The van der Waals surface area contributed by atoms with Gasteiger partial charge in [0.15, 0.2) is 6.04 Å². The molecule has 0 aliphatic heterocycles. The molecular formula is C45H70N12O14S. The maximum Gasteiger partial charge on any atom is 0.328 e. The number of hydrogen-bond acceptors (Lipinski definition) is 15. The van der Waals surface area contributed by atoms with Crippen LogP contribution in [0, 0.1) is 11.8 Å². The number of aromatic nitrogens is 1. The van der Waals surface area contributed by atoms with E-state index in [1.54, 1.807) is 44.3 Å². The number of H-pyrrole nitrogens is 1. The van der Waals surface area contributed by atoms with E-state index in [1.165, 1.54) is 27.7 Å². The number of primary amides is 1. The number of aromatic amines is 1. The van der Waals surface area contributed by atoms with E-state index in [1.807, 2.05) is 0 Å². The lowest BCUT2D eigenvalue weighted by molar-refractivity contribution is -0.145.